The average molecular weight is 300 g/mol. The standard InChI is InChI=1S/C14H24N2O5/c1-8(17)11(18)10(7-9-5-6-15-12(9)19)16-13(20)21-14(2,3)4/h8-10,17H,5-7H2,1-4H3,(H,15,19)(H,16,20)/t8?,9-,10-/m0/s1. The Morgan fingerprint density at radius 3 is 2.52 bits per heavy atom. The molecular weight excluding hydrogens is 276 g/mol. The normalized spacial score (nSPS) is 21.4. The van der Waals surface area contributed by atoms with Crippen molar-refractivity contribution in [2.75, 3.05) is 6.54 Å². The molecule has 21 heavy (non-hydrogen) atoms. The molecule has 3 N–H and O–H groups in total. The van der Waals surface area contributed by atoms with Gasteiger partial charge in [-0.1, -0.05) is 0 Å². The molecular formula is C14H24N2O5. The summed E-state index contributed by atoms with van der Waals surface area (Å²) in [6, 6.07) is -0.936. The van der Waals surface area contributed by atoms with Crippen LogP contribution in [0.3, 0.4) is 0 Å². The molecule has 0 saturated carbocycles. The molecule has 120 valence electrons. The van der Waals surface area contributed by atoms with Crippen LogP contribution in [0.1, 0.15) is 40.5 Å². The second-order valence-corrected chi connectivity index (χ2v) is 6.29. The lowest BCUT2D eigenvalue weighted by Crippen LogP contribution is -2.47. The number of nitrogens with one attached hydrogen (secondary N) is 2. The van der Waals surface area contributed by atoms with Gasteiger partial charge in [-0.15, -0.1) is 0 Å². The molecule has 1 aliphatic rings. The van der Waals surface area contributed by atoms with E-state index in [-0.39, 0.29) is 18.2 Å². The molecule has 2 amide bonds. The van der Waals surface area contributed by atoms with Crippen molar-refractivity contribution < 1.29 is 24.2 Å². The molecule has 1 unspecified atom stereocenters. The van der Waals surface area contributed by atoms with E-state index in [2.05, 4.69) is 10.6 Å². The summed E-state index contributed by atoms with van der Waals surface area (Å²) < 4.78 is 5.10. The lowest BCUT2D eigenvalue weighted by molar-refractivity contribution is -0.129. The number of hydrogen-bond donors (Lipinski definition) is 3. The molecule has 1 heterocycles. The molecule has 1 aliphatic heterocycles. The van der Waals surface area contributed by atoms with Crippen molar-refractivity contribution in [3.05, 3.63) is 0 Å². The zero-order valence-electron chi connectivity index (χ0n) is 12.9. The van der Waals surface area contributed by atoms with E-state index < -0.39 is 29.6 Å². The highest BCUT2D eigenvalue weighted by atomic mass is 16.6. The van der Waals surface area contributed by atoms with Gasteiger partial charge in [0.2, 0.25) is 5.91 Å². The summed E-state index contributed by atoms with van der Waals surface area (Å²) in [7, 11) is 0. The number of amides is 2. The number of alkyl carbamates (subject to hydrolysis) is 1. The van der Waals surface area contributed by atoms with Crippen molar-refractivity contribution in [1.82, 2.24) is 10.6 Å². The van der Waals surface area contributed by atoms with Crippen molar-refractivity contribution in [3.8, 4) is 0 Å². The zero-order valence-corrected chi connectivity index (χ0v) is 12.9. The van der Waals surface area contributed by atoms with Gasteiger partial charge >= 0.3 is 6.09 Å². The Bertz CT molecular complexity index is 414. The predicted octanol–water partition coefficient (Wildman–Crippen LogP) is 0.356. The number of carbonyl (C=O) groups excluding carboxylic acids is 3. The van der Waals surface area contributed by atoms with Gasteiger partial charge < -0.3 is 20.5 Å². The second kappa shape index (κ2) is 6.89. The van der Waals surface area contributed by atoms with Crippen molar-refractivity contribution >= 4 is 17.8 Å². The average Bonchev–Trinajstić information content (AvgIpc) is 2.70. The summed E-state index contributed by atoms with van der Waals surface area (Å²) in [5.74, 6) is -1.00. The Kier molecular flexibility index (Phi) is 5.71. The molecule has 1 rings (SSSR count). The third-order valence-corrected chi connectivity index (χ3v) is 3.13. The van der Waals surface area contributed by atoms with Crippen molar-refractivity contribution in [2.45, 2.75) is 58.3 Å². The van der Waals surface area contributed by atoms with Gasteiger partial charge in [-0.2, -0.15) is 0 Å². The maximum Gasteiger partial charge on any atom is 0.408 e. The number of ether oxygens (including phenoxy) is 1. The van der Waals surface area contributed by atoms with Gasteiger partial charge in [-0.25, -0.2) is 4.79 Å². The summed E-state index contributed by atoms with van der Waals surface area (Å²) >= 11 is 0. The number of Topliss-reactive ketones (excluding diaryl/α,β-unsaturated/α-hetero) is 1. The maximum absolute atomic E-state index is 12.0. The van der Waals surface area contributed by atoms with E-state index in [1.165, 1.54) is 6.92 Å². The quantitative estimate of drug-likeness (QED) is 0.680. The fraction of sp³-hybridized carbons (Fsp3) is 0.786. The van der Waals surface area contributed by atoms with Gasteiger partial charge in [0.05, 0.1) is 6.04 Å². The first-order chi connectivity index (χ1) is 9.60. The van der Waals surface area contributed by atoms with Crippen LogP contribution in [0, 0.1) is 5.92 Å². The van der Waals surface area contributed by atoms with Crippen LogP contribution in [0.15, 0.2) is 0 Å². The summed E-state index contributed by atoms with van der Waals surface area (Å²) in [4.78, 5) is 35.4. The number of rotatable bonds is 5. The SMILES string of the molecule is CC(O)C(=O)[C@H](C[C@@H]1CCNC1=O)NC(=O)OC(C)(C)C. The Hall–Kier alpha value is -1.63. The molecule has 7 heteroatoms. The first-order valence-corrected chi connectivity index (χ1v) is 7.09. The van der Waals surface area contributed by atoms with Gasteiger partial charge in [0, 0.05) is 12.5 Å². The van der Waals surface area contributed by atoms with Gasteiger partial charge in [-0.05, 0) is 40.5 Å². The molecule has 3 atom stereocenters. The molecule has 0 aromatic rings. The van der Waals surface area contributed by atoms with Gasteiger partial charge in [0.15, 0.2) is 5.78 Å². The molecule has 0 radical (unpaired) electrons. The van der Waals surface area contributed by atoms with Crippen LogP contribution >= 0.6 is 0 Å². The molecule has 0 aromatic carbocycles. The zero-order chi connectivity index (χ0) is 16.2. The van der Waals surface area contributed by atoms with Crippen LogP contribution in [-0.2, 0) is 14.3 Å². The van der Waals surface area contributed by atoms with Crippen LogP contribution in [0.25, 0.3) is 0 Å². The third kappa shape index (κ3) is 5.71. The fourth-order valence-corrected chi connectivity index (χ4v) is 2.14. The van der Waals surface area contributed by atoms with Gasteiger partial charge in [0.25, 0.3) is 0 Å². The Labute approximate surface area is 124 Å². The van der Waals surface area contributed by atoms with E-state index in [0.29, 0.717) is 13.0 Å². The van der Waals surface area contributed by atoms with Crippen LogP contribution in [0.4, 0.5) is 4.79 Å². The second-order valence-electron chi connectivity index (χ2n) is 6.29. The van der Waals surface area contributed by atoms with Gasteiger partial charge in [0.1, 0.15) is 11.7 Å². The number of carbonyl (C=O) groups is 3. The smallest absolute Gasteiger partial charge is 0.408 e. The first kappa shape index (κ1) is 17.4. The molecule has 0 aliphatic carbocycles. The maximum atomic E-state index is 12.0. The number of hydrogen-bond acceptors (Lipinski definition) is 5. The summed E-state index contributed by atoms with van der Waals surface area (Å²) in [6.07, 6.45) is -1.18. The van der Waals surface area contributed by atoms with E-state index in [0.717, 1.165) is 0 Å². The molecule has 1 fully saturated rings. The van der Waals surface area contributed by atoms with E-state index in [1.54, 1.807) is 20.8 Å². The highest BCUT2D eigenvalue weighted by molar-refractivity contribution is 5.91. The third-order valence-electron chi connectivity index (χ3n) is 3.13. The lowest BCUT2D eigenvalue weighted by atomic mass is 9.94. The van der Waals surface area contributed by atoms with Crippen molar-refractivity contribution in [3.63, 3.8) is 0 Å². The van der Waals surface area contributed by atoms with Crippen molar-refractivity contribution in [2.24, 2.45) is 5.92 Å². The minimum atomic E-state index is -1.21. The predicted molar refractivity (Wildman–Crippen MR) is 75.6 cm³/mol. The summed E-state index contributed by atoms with van der Waals surface area (Å²) in [5, 5.41) is 14.6. The van der Waals surface area contributed by atoms with E-state index in [9.17, 15) is 19.5 Å². The topological polar surface area (TPSA) is 105 Å². The summed E-state index contributed by atoms with van der Waals surface area (Å²) in [6.45, 7) is 7.03. The number of ketones is 1. The van der Waals surface area contributed by atoms with Crippen molar-refractivity contribution in [1.29, 1.82) is 0 Å². The minimum Gasteiger partial charge on any atom is -0.444 e. The fourth-order valence-electron chi connectivity index (χ4n) is 2.14. The first-order valence-electron chi connectivity index (χ1n) is 7.09. The number of aliphatic hydroxyl groups excluding tert-OH is 1. The molecule has 0 aromatic heterocycles. The highest BCUT2D eigenvalue weighted by Crippen LogP contribution is 2.18. The Morgan fingerprint density at radius 2 is 2.10 bits per heavy atom. The number of aliphatic hydroxyl groups is 1. The van der Waals surface area contributed by atoms with Gasteiger partial charge in [-0.3, -0.25) is 9.59 Å². The Balaban J connectivity index is 2.71. The van der Waals surface area contributed by atoms with Crippen LogP contribution in [0.2, 0.25) is 0 Å². The molecule has 7 nitrogen and oxygen atoms in total. The Morgan fingerprint density at radius 1 is 1.48 bits per heavy atom. The largest absolute Gasteiger partial charge is 0.444 e. The van der Waals surface area contributed by atoms with Crippen LogP contribution in [-0.4, -0.2) is 47.2 Å². The summed E-state index contributed by atoms with van der Waals surface area (Å²) in [5.41, 5.74) is -0.687. The van der Waals surface area contributed by atoms with E-state index >= 15 is 0 Å². The molecule has 0 bridgehead atoms. The highest BCUT2D eigenvalue weighted by Gasteiger charge is 2.33. The minimum absolute atomic E-state index is 0.135. The molecule has 1 saturated heterocycles. The van der Waals surface area contributed by atoms with E-state index in [4.69, 9.17) is 4.74 Å². The lowest BCUT2D eigenvalue weighted by Gasteiger charge is -2.24. The molecule has 0 spiro atoms. The van der Waals surface area contributed by atoms with Crippen LogP contribution in [0.5, 0.6) is 0 Å². The van der Waals surface area contributed by atoms with E-state index in [1.807, 2.05) is 0 Å². The monoisotopic (exact) mass is 300 g/mol. The van der Waals surface area contributed by atoms with Crippen LogP contribution < -0.4 is 10.6 Å².